The molecule has 5 fully saturated rings. The Morgan fingerprint density at radius 2 is 0.667 bits per heavy atom. The number of Topliss-reactive ketones (excluding diaryl/α,β-unsaturated/α-hetero) is 5. The van der Waals surface area contributed by atoms with E-state index in [2.05, 4.69) is 18.7 Å². The zero-order valence-corrected chi connectivity index (χ0v) is 68.4. The van der Waals surface area contributed by atoms with Crippen molar-refractivity contribution in [3.63, 3.8) is 0 Å². The van der Waals surface area contributed by atoms with Gasteiger partial charge in [0, 0.05) is 190 Å². The lowest BCUT2D eigenvalue weighted by atomic mass is 9.79. The number of ether oxygens (including phenoxy) is 10. The van der Waals surface area contributed by atoms with Crippen LogP contribution in [0.1, 0.15) is 299 Å². The number of nitrogens with zero attached hydrogens (tertiary/aromatic N) is 5. The molecule has 5 aromatic carbocycles. The van der Waals surface area contributed by atoms with Crippen molar-refractivity contribution in [2.75, 3.05) is 136 Å². The number of benzene rings is 5. The number of rotatable bonds is 22. The minimum absolute atomic E-state index is 0.00233. The van der Waals surface area contributed by atoms with Gasteiger partial charge in [-0.1, -0.05) is 81.8 Å². The molecule has 12 unspecified atom stereocenters. The number of methoxy groups -OCH3 is 10. The molecule has 15 rings (SSSR count). The van der Waals surface area contributed by atoms with E-state index in [1.165, 1.54) is 28.4 Å². The molecule has 0 aliphatic carbocycles. The standard InChI is InChI=1S/2C20H29NO3.3C19H27NO3/c2*1-5-13(2)8-15-12-21-7-6-14-9-19(23-3)20(24-4)10-16(14)17(21)11-18(15)22;3*1-12(2)7-14-11-20-6-5-13-8-18(22-3)19(23-4)9-15(13)16(20)10-17(14)21/h2*9-10,13,15,17H,5-8,11-12H2,1-4H3;3*8-9,12,14,16H,5-7,10-11H2,1-4H3/i2D3,3D3,5D2,8D2,9D,10D,11D2,13D,15D;2D3,3D3,5D2,8D2,9D,10D,13D;3D3,8D,9D,10D2,14D;3D3,8D,9D,11D2;3D3,8D,9D. The summed E-state index contributed by atoms with van der Waals surface area (Å²) in [5.41, 5.74) is 2.59. The average molecular weight is 1660 g/mol. The number of carbonyl (C=O) groups excluding carboxylic acids is 5. The van der Waals surface area contributed by atoms with Crippen LogP contribution in [-0.2, 0) is 56.1 Å². The second kappa shape index (κ2) is 41.0. The van der Waals surface area contributed by atoms with E-state index >= 15 is 0 Å². The van der Waals surface area contributed by atoms with E-state index in [1.54, 1.807) is 14.7 Å². The van der Waals surface area contributed by atoms with Gasteiger partial charge < -0.3 is 47.4 Å². The first-order valence-electron chi connectivity index (χ1n) is 63.6. The summed E-state index contributed by atoms with van der Waals surface area (Å²) in [4.78, 5) is 74.1. The van der Waals surface area contributed by atoms with Gasteiger partial charge in [-0.15, -0.1) is 0 Å². The lowest BCUT2D eigenvalue weighted by Gasteiger charge is -2.43. The molecule has 20 nitrogen and oxygen atoms in total. The molecule has 10 aliphatic rings. The van der Waals surface area contributed by atoms with Crippen molar-refractivity contribution in [1.29, 1.82) is 0 Å². The van der Waals surface area contributed by atoms with Crippen LogP contribution in [0.4, 0.5) is 0 Å². The molecule has 117 heavy (non-hydrogen) atoms. The third-order valence-corrected chi connectivity index (χ3v) is 22.2. The number of hydrogen-bond donors (Lipinski definition) is 0. The van der Waals surface area contributed by atoms with Crippen molar-refractivity contribution in [3.05, 3.63) is 116 Å². The van der Waals surface area contributed by atoms with Gasteiger partial charge in [0.1, 0.15) is 28.9 Å². The number of piperidine rings is 5. The Labute approximate surface area is 768 Å². The van der Waals surface area contributed by atoms with Crippen molar-refractivity contribution in [1.82, 2.24) is 24.5 Å². The molecule has 10 aliphatic heterocycles. The van der Waals surface area contributed by atoms with Gasteiger partial charge in [0.05, 0.1) is 105 Å². The van der Waals surface area contributed by atoms with Gasteiger partial charge in [0.2, 0.25) is 0 Å². The Morgan fingerprint density at radius 3 is 1.02 bits per heavy atom. The normalized spacial score (nSPS) is 35.0. The molecule has 0 N–H and O–H groups in total. The summed E-state index contributed by atoms with van der Waals surface area (Å²) in [5.74, 6) is -20.2. The minimum Gasteiger partial charge on any atom is -0.493 e. The summed E-state index contributed by atoms with van der Waals surface area (Å²) in [6.07, 6.45) is -16.0. The topological polar surface area (TPSA) is 194 Å². The molecular formula is C97H139N5O15. The first-order valence-corrected chi connectivity index (χ1v) is 39.1. The highest BCUT2D eigenvalue weighted by atomic mass is 16.5. The monoisotopic (exact) mass is 1660 g/mol. The minimum atomic E-state index is -3.77. The van der Waals surface area contributed by atoms with E-state index in [-0.39, 0.29) is 230 Å². The molecule has 12 atom stereocenters. The molecule has 5 saturated heterocycles. The third kappa shape index (κ3) is 21.0. The zero-order valence-electron chi connectivity index (χ0n) is 117. The summed E-state index contributed by atoms with van der Waals surface area (Å²) in [5, 5.41) is 0. The zero-order chi connectivity index (χ0) is 127. The summed E-state index contributed by atoms with van der Waals surface area (Å²) in [7, 11) is -8.28. The van der Waals surface area contributed by atoms with E-state index in [9.17, 15) is 24.0 Å². The van der Waals surface area contributed by atoms with E-state index in [1.807, 2.05) is 27.7 Å². The highest BCUT2D eigenvalue weighted by Crippen LogP contribution is 2.49. The fourth-order valence-corrected chi connectivity index (χ4v) is 16.6. The van der Waals surface area contributed by atoms with Crippen molar-refractivity contribution in [2.45, 2.75) is 208 Å². The molecule has 0 amide bonds. The highest BCUT2D eigenvalue weighted by molar-refractivity contribution is 5.86. The van der Waals surface area contributed by atoms with Crippen LogP contribution in [0.5, 0.6) is 57.5 Å². The Morgan fingerprint density at radius 1 is 0.376 bits per heavy atom. The molecule has 642 valence electrons. The lowest BCUT2D eigenvalue weighted by molar-refractivity contribution is -0.130. The van der Waals surface area contributed by atoms with Crippen molar-refractivity contribution >= 4 is 28.9 Å². The summed E-state index contributed by atoms with van der Waals surface area (Å²) in [6.45, 7) is 4.91. The predicted molar refractivity (Wildman–Crippen MR) is 460 cm³/mol. The van der Waals surface area contributed by atoms with Crippen LogP contribution >= 0.6 is 0 Å². The molecule has 10 heterocycles. The molecule has 0 saturated carbocycles. The maximum atomic E-state index is 13.7. The maximum Gasteiger partial charge on any atom is 0.161 e. The fraction of sp³-hybridized carbons (Fsp3) is 0.639. The molecule has 5 aromatic rings. The summed E-state index contributed by atoms with van der Waals surface area (Å²) in [6, 6.07) is -7.32. The summed E-state index contributed by atoms with van der Waals surface area (Å²) < 4.78 is 447. The van der Waals surface area contributed by atoms with Crippen LogP contribution in [0.2, 0.25) is 0 Å². The van der Waals surface area contributed by atoms with Gasteiger partial charge in [-0.3, -0.25) is 48.5 Å². The van der Waals surface area contributed by atoms with Gasteiger partial charge in [0.15, 0.2) is 57.5 Å². The van der Waals surface area contributed by atoms with Gasteiger partial charge in [-0.2, -0.15) is 0 Å². The van der Waals surface area contributed by atoms with Gasteiger partial charge >= 0.3 is 0 Å². The van der Waals surface area contributed by atoms with Crippen LogP contribution in [0.3, 0.4) is 0 Å². The smallest absolute Gasteiger partial charge is 0.161 e. The number of ketones is 5. The largest absolute Gasteiger partial charge is 0.493 e. The SMILES string of the molecule is [2H]c1c2c(c([2H])c(OC)c1OC([2H])([2H])[2H])C1CC(=O)C(C([2H])([2H])C([2H])(C([2H])([2H])[2H])C([2H])([2H])C)CN1CC2.[2H]c1c2c(c([2H])c(OC)c1OC([2H])([2H])[2H])C1CC(=O)C(CC(C)C)C([2H])([2H])N1CC2.[2H]c1c2c(c([2H])c(OC)c1OC([2H])([2H])[2H])C1CC(=O)C(CC(C)C)CN1CC2.[2H]c1c2c(c([2H])c(OC)c1OC([2H])([2H])[2H])C1N(CC2)CC([2H])(C([2H])([2H])C([2H])(C([2H])([2H])[2H])C([2H])([2H])C)C(=O)C1([2H])[2H].[2H]c1c2c(c([2H])c(OC)c1OC([2H])([2H])[2H])C1N(CC2)CC([2H])(CC(C)C)C(=O)C1([2H])[2H]. The van der Waals surface area contributed by atoms with Crippen LogP contribution in [0, 0.1) is 59.1 Å². The van der Waals surface area contributed by atoms with Crippen molar-refractivity contribution in [3.8, 4) is 57.5 Å². The van der Waals surface area contributed by atoms with Gasteiger partial charge in [-0.05, 0) is 210 Å². The quantitative estimate of drug-likeness (QED) is 0.0634. The fourth-order valence-electron chi connectivity index (χ4n) is 16.6. The van der Waals surface area contributed by atoms with E-state index < -0.39 is 212 Å². The Hall–Kier alpha value is -7.75. The van der Waals surface area contributed by atoms with Crippen LogP contribution in [0.15, 0.2) is 60.4 Å². The second-order valence-corrected chi connectivity index (χ2v) is 31.1. The highest BCUT2D eigenvalue weighted by Gasteiger charge is 2.45. The Kier molecular flexibility index (Phi) is 15.9. The van der Waals surface area contributed by atoms with Crippen molar-refractivity contribution < 1.29 is 139 Å². The molecule has 20 heteroatoms. The van der Waals surface area contributed by atoms with Gasteiger partial charge in [-0.25, -0.2) is 0 Å². The molecule has 0 radical (unpaired) electrons. The molecular weight excluding hydrogens is 1480 g/mol. The Bertz CT molecular complexity index is 6570. The average Bonchev–Trinajstić information content (AvgIpc) is 0.680. The molecule has 0 bridgehead atoms. The first-order chi connectivity index (χ1) is 75.3. The lowest BCUT2D eigenvalue weighted by Crippen LogP contribution is -2.46. The van der Waals surface area contributed by atoms with E-state index in [4.69, 9.17) is 115 Å². The van der Waals surface area contributed by atoms with Crippen LogP contribution < -0.4 is 47.4 Å². The first kappa shape index (κ1) is 45.2. The van der Waals surface area contributed by atoms with E-state index in [0.717, 1.165) is 25.4 Å². The molecule has 0 spiro atoms. The molecule has 0 aromatic heterocycles. The number of fused-ring (bicyclic) bond motifs is 15. The van der Waals surface area contributed by atoms with Crippen molar-refractivity contribution in [2.24, 2.45) is 59.1 Å². The second-order valence-electron chi connectivity index (χ2n) is 31.1. The number of hydrogen-bond acceptors (Lipinski definition) is 20. The summed E-state index contributed by atoms with van der Waals surface area (Å²) >= 11 is 0. The Balaban J connectivity index is 0.000000195. The van der Waals surface area contributed by atoms with E-state index in [0.29, 0.717) is 73.0 Å². The van der Waals surface area contributed by atoms with Crippen LogP contribution in [0.25, 0.3) is 0 Å². The van der Waals surface area contributed by atoms with Gasteiger partial charge in [0.25, 0.3) is 0 Å². The number of carbonyl (C=O) groups is 5. The van der Waals surface area contributed by atoms with Crippen LogP contribution in [-0.4, -0.2) is 190 Å². The third-order valence-electron chi connectivity index (χ3n) is 22.2. The predicted octanol–water partition coefficient (Wildman–Crippen LogP) is 17.0. The maximum absolute atomic E-state index is 13.7.